The molecule has 0 atom stereocenters. The van der Waals surface area contributed by atoms with E-state index in [9.17, 15) is 4.79 Å². The van der Waals surface area contributed by atoms with Crippen molar-refractivity contribution in [1.29, 1.82) is 0 Å². The Bertz CT molecular complexity index is 1250. The van der Waals surface area contributed by atoms with Crippen LogP contribution in [0.25, 0.3) is 16.7 Å². The minimum atomic E-state index is -0.203. The quantitative estimate of drug-likeness (QED) is 0.518. The molecule has 0 radical (unpaired) electrons. The third-order valence-corrected chi connectivity index (χ3v) is 5.80. The molecule has 0 saturated heterocycles. The Balaban J connectivity index is 1.30. The maximum absolute atomic E-state index is 12.5. The molecule has 0 fully saturated rings. The number of halogens is 1. The molecule has 2 aromatic carbocycles. The first-order valence-corrected chi connectivity index (χ1v) is 10.3. The highest BCUT2D eigenvalue weighted by Gasteiger charge is 2.18. The molecule has 2 aromatic heterocycles. The van der Waals surface area contributed by atoms with E-state index < -0.39 is 0 Å². The molecule has 4 aromatic rings. The van der Waals surface area contributed by atoms with Crippen LogP contribution in [0, 0.1) is 0 Å². The zero-order valence-corrected chi connectivity index (χ0v) is 17.1. The van der Waals surface area contributed by atoms with Crippen molar-refractivity contribution >= 4 is 28.6 Å². The number of benzene rings is 2. The van der Waals surface area contributed by atoms with E-state index in [4.69, 9.17) is 11.6 Å². The Labute approximate surface area is 178 Å². The van der Waals surface area contributed by atoms with Crippen molar-refractivity contribution in [3.63, 3.8) is 0 Å². The summed E-state index contributed by atoms with van der Waals surface area (Å²) in [5, 5.41) is 8.91. The second-order valence-corrected chi connectivity index (χ2v) is 7.78. The van der Waals surface area contributed by atoms with Gasteiger partial charge in [-0.25, -0.2) is 4.68 Å². The van der Waals surface area contributed by atoms with Crippen molar-refractivity contribution in [3.8, 4) is 5.69 Å². The Morgan fingerprint density at radius 2 is 2.00 bits per heavy atom. The fraction of sp³-hybridized carbons (Fsp3) is 0.227. The molecule has 0 amide bonds. The van der Waals surface area contributed by atoms with Crippen molar-refractivity contribution in [3.05, 3.63) is 81.2 Å². The Kier molecular flexibility index (Phi) is 4.98. The van der Waals surface area contributed by atoms with Crippen LogP contribution in [0.15, 0.2) is 59.5 Å². The third-order valence-electron chi connectivity index (χ3n) is 5.45. The molecule has 0 unspecified atom stereocenters. The number of hydrogen-bond acceptors (Lipinski definition) is 5. The van der Waals surface area contributed by atoms with Crippen LogP contribution in [0.1, 0.15) is 11.1 Å². The van der Waals surface area contributed by atoms with Crippen LogP contribution in [-0.4, -0.2) is 44.3 Å². The van der Waals surface area contributed by atoms with E-state index in [-0.39, 0.29) is 5.56 Å². The van der Waals surface area contributed by atoms with E-state index in [1.807, 2.05) is 42.5 Å². The van der Waals surface area contributed by atoms with Crippen molar-refractivity contribution in [1.82, 2.24) is 24.6 Å². The lowest BCUT2D eigenvalue weighted by Gasteiger charge is -2.29. The zero-order valence-electron chi connectivity index (χ0n) is 16.3. The van der Waals surface area contributed by atoms with Gasteiger partial charge >= 0.3 is 0 Å². The lowest BCUT2D eigenvalue weighted by molar-refractivity contribution is 0.264. The van der Waals surface area contributed by atoms with Crippen LogP contribution in [0.2, 0.25) is 5.02 Å². The first-order valence-electron chi connectivity index (χ1n) is 9.95. The number of rotatable bonds is 5. The van der Waals surface area contributed by atoms with Crippen LogP contribution in [0.5, 0.6) is 0 Å². The van der Waals surface area contributed by atoms with E-state index >= 15 is 0 Å². The molecule has 1 aliphatic heterocycles. The molecule has 1 aliphatic rings. The Morgan fingerprint density at radius 1 is 1.13 bits per heavy atom. The Morgan fingerprint density at radius 3 is 2.87 bits per heavy atom. The second kappa shape index (κ2) is 7.93. The number of aromatic amines is 1. The van der Waals surface area contributed by atoms with E-state index in [0.717, 1.165) is 36.8 Å². The number of fused-ring (bicyclic) bond motifs is 2. The van der Waals surface area contributed by atoms with Gasteiger partial charge in [0.1, 0.15) is 5.39 Å². The maximum atomic E-state index is 12.5. The van der Waals surface area contributed by atoms with Crippen LogP contribution < -0.4 is 10.9 Å². The standard InChI is InChI=1S/C22H21ClN6O/c23-19-8-4-5-15-14-28(11-9-17(15)19)12-10-24-22-26-20-18(21(30)27-22)13-25-29(20)16-6-2-1-3-7-16/h1-8,13H,9-12,14H2,(H2,24,26,27,30). The Hall–Kier alpha value is -3.16. The number of hydrogen-bond donors (Lipinski definition) is 2. The minimum Gasteiger partial charge on any atom is -0.354 e. The number of para-hydroxylation sites is 1. The second-order valence-electron chi connectivity index (χ2n) is 7.37. The average Bonchev–Trinajstić information content (AvgIpc) is 3.19. The normalized spacial score (nSPS) is 14.0. The summed E-state index contributed by atoms with van der Waals surface area (Å²) in [7, 11) is 0. The van der Waals surface area contributed by atoms with Crippen molar-refractivity contribution in [2.75, 3.05) is 25.0 Å². The first-order chi connectivity index (χ1) is 14.7. The van der Waals surface area contributed by atoms with Gasteiger partial charge in [0.25, 0.3) is 5.56 Å². The highest BCUT2D eigenvalue weighted by molar-refractivity contribution is 6.31. The zero-order chi connectivity index (χ0) is 20.5. The van der Waals surface area contributed by atoms with Gasteiger partial charge < -0.3 is 5.32 Å². The van der Waals surface area contributed by atoms with E-state index in [0.29, 0.717) is 23.5 Å². The molecular formula is C22H21ClN6O. The van der Waals surface area contributed by atoms with Crippen molar-refractivity contribution in [2.45, 2.75) is 13.0 Å². The van der Waals surface area contributed by atoms with Crippen LogP contribution in [0.4, 0.5) is 5.95 Å². The van der Waals surface area contributed by atoms with Gasteiger partial charge in [-0.3, -0.25) is 14.7 Å². The maximum Gasteiger partial charge on any atom is 0.263 e. The van der Waals surface area contributed by atoms with E-state index in [1.54, 1.807) is 10.9 Å². The molecule has 5 rings (SSSR count). The molecule has 0 spiro atoms. The molecule has 152 valence electrons. The van der Waals surface area contributed by atoms with Crippen molar-refractivity contribution < 1.29 is 0 Å². The molecule has 0 aliphatic carbocycles. The molecule has 0 bridgehead atoms. The molecule has 7 nitrogen and oxygen atoms in total. The number of anilines is 1. The molecule has 8 heteroatoms. The van der Waals surface area contributed by atoms with Gasteiger partial charge in [-0.1, -0.05) is 41.9 Å². The van der Waals surface area contributed by atoms with Crippen LogP contribution in [0.3, 0.4) is 0 Å². The fourth-order valence-corrected chi connectivity index (χ4v) is 4.19. The summed E-state index contributed by atoms with van der Waals surface area (Å²) in [6.45, 7) is 3.35. The lowest BCUT2D eigenvalue weighted by atomic mass is 10.00. The third kappa shape index (κ3) is 3.58. The molecule has 0 saturated carbocycles. The smallest absolute Gasteiger partial charge is 0.263 e. The monoisotopic (exact) mass is 420 g/mol. The predicted octanol–water partition coefficient (Wildman–Crippen LogP) is 3.23. The van der Waals surface area contributed by atoms with Gasteiger partial charge in [0.05, 0.1) is 11.9 Å². The summed E-state index contributed by atoms with van der Waals surface area (Å²) in [4.78, 5) is 22.2. The first kappa shape index (κ1) is 18.8. The molecule has 3 heterocycles. The van der Waals surface area contributed by atoms with Gasteiger partial charge in [0.2, 0.25) is 5.95 Å². The number of nitrogens with zero attached hydrogens (tertiary/aromatic N) is 4. The van der Waals surface area contributed by atoms with Crippen molar-refractivity contribution in [2.24, 2.45) is 0 Å². The summed E-state index contributed by atoms with van der Waals surface area (Å²) >= 11 is 6.30. The number of aromatic nitrogens is 4. The molecular weight excluding hydrogens is 400 g/mol. The summed E-state index contributed by atoms with van der Waals surface area (Å²) in [6.07, 6.45) is 2.50. The summed E-state index contributed by atoms with van der Waals surface area (Å²) in [6, 6.07) is 15.8. The topological polar surface area (TPSA) is 78.8 Å². The van der Waals surface area contributed by atoms with E-state index in [2.05, 4.69) is 31.3 Å². The van der Waals surface area contributed by atoms with Crippen LogP contribution >= 0.6 is 11.6 Å². The summed E-state index contributed by atoms with van der Waals surface area (Å²) < 4.78 is 1.68. The summed E-state index contributed by atoms with van der Waals surface area (Å²) in [5.74, 6) is 0.450. The molecule has 30 heavy (non-hydrogen) atoms. The number of nitrogens with one attached hydrogen (secondary N) is 2. The summed E-state index contributed by atoms with van der Waals surface area (Å²) in [5.41, 5.74) is 3.74. The SMILES string of the molecule is O=c1[nH]c(NCCN2CCc3c(Cl)cccc3C2)nc2c1cnn2-c1ccccc1. The van der Waals surface area contributed by atoms with Gasteiger partial charge in [0.15, 0.2) is 5.65 Å². The van der Waals surface area contributed by atoms with Gasteiger partial charge in [0, 0.05) is 31.2 Å². The highest BCUT2D eigenvalue weighted by Crippen LogP contribution is 2.25. The van der Waals surface area contributed by atoms with Gasteiger partial charge in [-0.2, -0.15) is 10.1 Å². The van der Waals surface area contributed by atoms with E-state index in [1.165, 1.54) is 11.1 Å². The largest absolute Gasteiger partial charge is 0.354 e. The average molecular weight is 421 g/mol. The highest BCUT2D eigenvalue weighted by atomic mass is 35.5. The minimum absolute atomic E-state index is 0.203. The van der Waals surface area contributed by atoms with Crippen LogP contribution in [-0.2, 0) is 13.0 Å². The number of H-pyrrole nitrogens is 1. The van der Waals surface area contributed by atoms with Gasteiger partial charge in [-0.15, -0.1) is 0 Å². The lowest BCUT2D eigenvalue weighted by Crippen LogP contribution is -2.34. The van der Waals surface area contributed by atoms with Gasteiger partial charge in [-0.05, 0) is 35.7 Å². The fourth-order valence-electron chi connectivity index (χ4n) is 3.90. The molecule has 2 N–H and O–H groups in total. The predicted molar refractivity (Wildman–Crippen MR) is 118 cm³/mol.